The molecule has 1 aromatic carbocycles. The predicted molar refractivity (Wildman–Crippen MR) is 61.4 cm³/mol. The number of rotatable bonds is 4. The lowest BCUT2D eigenvalue weighted by Crippen LogP contribution is -2.01. The number of methoxy groups -OCH3 is 1. The zero-order valence-corrected chi connectivity index (χ0v) is 9.75. The number of benzene rings is 1. The van der Waals surface area contributed by atoms with Gasteiger partial charge in [0.2, 0.25) is 0 Å². The molecule has 0 aliphatic carbocycles. The number of hydrogen-bond donors (Lipinski definition) is 0. The van der Waals surface area contributed by atoms with Gasteiger partial charge < -0.3 is 4.74 Å². The van der Waals surface area contributed by atoms with Gasteiger partial charge in [-0.25, -0.2) is 4.79 Å². The zero-order chi connectivity index (χ0) is 11.3. The largest absolute Gasteiger partial charge is 0.465 e. The van der Waals surface area contributed by atoms with Gasteiger partial charge in [-0.1, -0.05) is 12.1 Å². The molecule has 0 N–H and O–H groups in total. The SMILES string of the molecule is COC(=O)c1ccc(CCC(C)Cl)cc1. The number of alkyl halides is 1. The molecular formula is C12H15ClO2. The molecule has 0 aliphatic rings. The molecule has 1 aromatic rings. The maximum atomic E-state index is 11.1. The third-order valence-corrected chi connectivity index (χ3v) is 2.42. The van der Waals surface area contributed by atoms with E-state index in [9.17, 15) is 4.79 Å². The Bertz CT molecular complexity index is 317. The molecule has 0 amide bonds. The van der Waals surface area contributed by atoms with Gasteiger partial charge in [0.25, 0.3) is 0 Å². The summed E-state index contributed by atoms with van der Waals surface area (Å²) in [4.78, 5) is 11.1. The quantitative estimate of drug-likeness (QED) is 0.583. The topological polar surface area (TPSA) is 26.3 Å². The van der Waals surface area contributed by atoms with Gasteiger partial charge in [-0.15, -0.1) is 11.6 Å². The normalized spacial score (nSPS) is 12.2. The highest BCUT2D eigenvalue weighted by molar-refractivity contribution is 6.20. The summed E-state index contributed by atoms with van der Waals surface area (Å²) in [6.45, 7) is 1.98. The predicted octanol–water partition coefficient (Wildman–Crippen LogP) is 3.03. The summed E-state index contributed by atoms with van der Waals surface area (Å²) in [5.74, 6) is -0.299. The van der Waals surface area contributed by atoms with E-state index in [2.05, 4.69) is 4.74 Å². The van der Waals surface area contributed by atoms with Gasteiger partial charge in [-0.05, 0) is 37.5 Å². The van der Waals surface area contributed by atoms with E-state index in [-0.39, 0.29) is 11.3 Å². The number of ether oxygens (including phenoxy) is 1. The van der Waals surface area contributed by atoms with E-state index < -0.39 is 0 Å². The second-order valence-electron chi connectivity index (χ2n) is 3.51. The number of esters is 1. The lowest BCUT2D eigenvalue weighted by Gasteiger charge is -2.04. The van der Waals surface area contributed by atoms with Crippen LogP contribution in [0.2, 0.25) is 0 Å². The first-order chi connectivity index (χ1) is 7.13. The third-order valence-electron chi connectivity index (χ3n) is 2.21. The second kappa shape index (κ2) is 5.76. The molecule has 0 aliphatic heterocycles. The summed E-state index contributed by atoms with van der Waals surface area (Å²) in [7, 11) is 1.38. The van der Waals surface area contributed by atoms with Crippen LogP contribution in [0.15, 0.2) is 24.3 Å². The summed E-state index contributed by atoms with van der Waals surface area (Å²) >= 11 is 5.86. The first-order valence-corrected chi connectivity index (χ1v) is 5.38. The Morgan fingerprint density at radius 2 is 2.00 bits per heavy atom. The molecule has 3 heteroatoms. The van der Waals surface area contributed by atoms with Crippen LogP contribution in [0.25, 0.3) is 0 Å². The van der Waals surface area contributed by atoms with Crippen molar-refractivity contribution in [1.82, 2.24) is 0 Å². The molecule has 0 saturated carbocycles. The Kier molecular flexibility index (Phi) is 4.63. The van der Waals surface area contributed by atoms with Crippen molar-refractivity contribution >= 4 is 17.6 Å². The van der Waals surface area contributed by atoms with Crippen molar-refractivity contribution in [2.24, 2.45) is 0 Å². The molecule has 15 heavy (non-hydrogen) atoms. The van der Waals surface area contributed by atoms with Gasteiger partial charge >= 0.3 is 5.97 Å². The minimum atomic E-state index is -0.299. The van der Waals surface area contributed by atoms with E-state index >= 15 is 0 Å². The van der Waals surface area contributed by atoms with Crippen molar-refractivity contribution in [1.29, 1.82) is 0 Å². The summed E-state index contributed by atoms with van der Waals surface area (Å²) in [5.41, 5.74) is 1.77. The smallest absolute Gasteiger partial charge is 0.337 e. The maximum absolute atomic E-state index is 11.1. The molecule has 82 valence electrons. The molecule has 0 aromatic heterocycles. The fraction of sp³-hybridized carbons (Fsp3) is 0.417. The van der Waals surface area contributed by atoms with Crippen molar-refractivity contribution in [3.8, 4) is 0 Å². The van der Waals surface area contributed by atoms with E-state index in [0.717, 1.165) is 12.8 Å². The average molecular weight is 227 g/mol. The summed E-state index contributed by atoms with van der Waals surface area (Å²) in [5, 5.41) is 0.185. The molecule has 1 unspecified atom stereocenters. The van der Waals surface area contributed by atoms with E-state index in [1.54, 1.807) is 12.1 Å². The van der Waals surface area contributed by atoms with Crippen LogP contribution < -0.4 is 0 Å². The Labute approximate surface area is 95.2 Å². The van der Waals surface area contributed by atoms with E-state index in [1.165, 1.54) is 12.7 Å². The van der Waals surface area contributed by atoms with Crippen molar-refractivity contribution < 1.29 is 9.53 Å². The zero-order valence-electron chi connectivity index (χ0n) is 9.00. The van der Waals surface area contributed by atoms with Crippen molar-refractivity contribution in [2.45, 2.75) is 25.1 Å². The standard InChI is InChI=1S/C12H15ClO2/c1-9(13)3-4-10-5-7-11(8-6-10)12(14)15-2/h5-9H,3-4H2,1-2H3. The number of carbonyl (C=O) groups excluding carboxylic acids is 1. The Morgan fingerprint density at radius 3 is 2.47 bits per heavy atom. The van der Waals surface area contributed by atoms with Crippen LogP contribution >= 0.6 is 11.6 Å². The maximum Gasteiger partial charge on any atom is 0.337 e. The van der Waals surface area contributed by atoms with Crippen molar-refractivity contribution in [2.75, 3.05) is 7.11 Å². The van der Waals surface area contributed by atoms with Gasteiger partial charge in [-0.2, -0.15) is 0 Å². The lowest BCUT2D eigenvalue weighted by molar-refractivity contribution is 0.0600. The van der Waals surface area contributed by atoms with Crippen LogP contribution in [-0.4, -0.2) is 18.5 Å². The van der Waals surface area contributed by atoms with Gasteiger partial charge in [0.15, 0.2) is 0 Å². The molecule has 0 heterocycles. The molecule has 1 rings (SSSR count). The number of halogens is 1. The van der Waals surface area contributed by atoms with Gasteiger partial charge in [-0.3, -0.25) is 0 Å². The monoisotopic (exact) mass is 226 g/mol. The van der Waals surface area contributed by atoms with Crippen LogP contribution in [0.4, 0.5) is 0 Å². The van der Waals surface area contributed by atoms with Crippen LogP contribution in [-0.2, 0) is 11.2 Å². The van der Waals surface area contributed by atoms with E-state index in [1.807, 2.05) is 19.1 Å². The summed E-state index contributed by atoms with van der Waals surface area (Å²) in [6.07, 6.45) is 1.88. The number of aryl methyl sites for hydroxylation is 1. The highest BCUT2D eigenvalue weighted by atomic mass is 35.5. The molecule has 0 fully saturated rings. The van der Waals surface area contributed by atoms with Crippen LogP contribution in [0.1, 0.15) is 29.3 Å². The number of carbonyl (C=O) groups is 1. The molecular weight excluding hydrogens is 212 g/mol. The Morgan fingerprint density at radius 1 is 1.40 bits per heavy atom. The first-order valence-electron chi connectivity index (χ1n) is 4.95. The van der Waals surface area contributed by atoms with Crippen molar-refractivity contribution in [3.05, 3.63) is 35.4 Å². The van der Waals surface area contributed by atoms with Crippen LogP contribution in [0.5, 0.6) is 0 Å². The first kappa shape index (κ1) is 12.1. The van der Waals surface area contributed by atoms with E-state index in [0.29, 0.717) is 5.56 Å². The molecule has 0 saturated heterocycles. The van der Waals surface area contributed by atoms with Crippen LogP contribution in [0, 0.1) is 0 Å². The minimum Gasteiger partial charge on any atom is -0.465 e. The van der Waals surface area contributed by atoms with E-state index in [4.69, 9.17) is 11.6 Å². The highest BCUT2D eigenvalue weighted by Gasteiger charge is 2.04. The third kappa shape index (κ3) is 3.92. The van der Waals surface area contributed by atoms with Gasteiger partial charge in [0, 0.05) is 5.38 Å². The Balaban J connectivity index is 2.60. The lowest BCUT2D eigenvalue weighted by atomic mass is 10.1. The highest BCUT2D eigenvalue weighted by Crippen LogP contribution is 2.10. The molecule has 1 atom stereocenters. The van der Waals surface area contributed by atoms with Crippen molar-refractivity contribution in [3.63, 3.8) is 0 Å². The minimum absolute atomic E-state index is 0.185. The summed E-state index contributed by atoms with van der Waals surface area (Å²) < 4.78 is 4.61. The average Bonchev–Trinajstić information content (AvgIpc) is 2.26. The van der Waals surface area contributed by atoms with Gasteiger partial charge in [0.1, 0.15) is 0 Å². The Hall–Kier alpha value is -1.02. The molecule has 2 nitrogen and oxygen atoms in total. The summed E-state index contributed by atoms with van der Waals surface area (Å²) in [6, 6.07) is 7.43. The second-order valence-corrected chi connectivity index (χ2v) is 4.25. The molecule has 0 radical (unpaired) electrons. The fourth-order valence-corrected chi connectivity index (χ4v) is 1.40. The van der Waals surface area contributed by atoms with Crippen LogP contribution in [0.3, 0.4) is 0 Å². The molecule has 0 spiro atoms. The van der Waals surface area contributed by atoms with Gasteiger partial charge in [0.05, 0.1) is 12.7 Å². The molecule has 0 bridgehead atoms. The fourth-order valence-electron chi connectivity index (χ4n) is 1.29. The number of hydrogen-bond acceptors (Lipinski definition) is 2.